The molecule has 5 nitrogen and oxygen atoms in total. The van der Waals surface area contributed by atoms with Gasteiger partial charge in [-0.1, -0.05) is 26.5 Å². The first-order chi connectivity index (χ1) is 7.45. The lowest BCUT2D eigenvalue weighted by Crippen LogP contribution is -2.37. The van der Waals surface area contributed by atoms with E-state index in [0.29, 0.717) is 12.3 Å². The topological polar surface area (TPSA) is 75.6 Å². The highest BCUT2D eigenvalue weighted by atomic mass is 16.5. The molecule has 0 aliphatic rings. The maximum absolute atomic E-state index is 11.2. The first kappa shape index (κ1) is 14.5. The summed E-state index contributed by atoms with van der Waals surface area (Å²) in [7, 11) is 0. The van der Waals surface area contributed by atoms with Gasteiger partial charge < -0.3 is 15.2 Å². The third-order valence-corrected chi connectivity index (χ3v) is 1.83. The van der Waals surface area contributed by atoms with Gasteiger partial charge in [0.2, 0.25) is 0 Å². The molecule has 5 heteroatoms. The number of nitrogens with one attached hydrogen (secondary N) is 1. The lowest BCUT2D eigenvalue weighted by Gasteiger charge is -2.18. The Hall–Kier alpha value is -1.52. The number of carbonyl (C=O) groups is 2. The molecule has 1 amide bonds. The fourth-order valence-corrected chi connectivity index (χ4v) is 1.32. The van der Waals surface area contributed by atoms with Crippen molar-refractivity contribution < 1.29 is 19.4 Å². The maximum Gasteiger partial charge on any atom is 0.407 e. The molecule has 2 N–H and O–H groups in total. The minimum absolute atomic E-state index is 0.0959. The maximum atomic E-state index is 11.2. The number of carboxylic acids is 1. The van der Waals surface area contributed by atoms with Gasteiger partial charge in [0.25, 0.3) is 0 Å². The standard InChI is InChI=1S/C11H19NO4/c1-4-5-16-11(15)12-9(6-8(2)3)7-10(13)14/h4,8-9H,1,5-7H2,2-3H3,(H,12,15)(H,13,14)/t9-/m0/s1. The second-order valence-electron chi connectivity index (χ2n) is 3.96. The summed E-state index contributed by atoms with van der Waals surface area (Å²) in [5.41, 5.74) is 0. The van der Waals surface area contributed by atoms with Gasteiger partial charge in [-0.3, -0.25) is 4.79 Å². The van der Waals surface area contributed by atoms with E-state index in [9.17, 15) is 9.59 Å². The number of amides is 1. The molecule has 1 atom stereocenters. The van der Waals surface area contributed by atoms with Crippen molar-refractivity contribution in [2.45, 2.75) is 32.7 Å². The van der Waals surface area contributed by atoms with Crippen LogP contribution in [-0.2, 0) is 9.53 Å². The molecule has 92 valence electrons. The van der Waals surface area contributed by atoms with Gasteiger partial charge >= 0.3 is 12.1 Å². The molecule has 0 heterocycles. The molecule has 16 heavy (non-hydrogen) atoms. The smallest absolute Gasteiger partial charge is 0.407 e. The number of ether oxygens (including phenoxy) is 1. The molecule has 0 saturated heterocycles. The van der Waals surface area contributed by atoms with Crippen LogP contribution in [0.3, 0.4) is 0 Å². The van der Waals surface area contributed by atoms with Crippen molar-refractivity contribution in [3.05, 3.63) is 12.7 Å². The van der Waals surface area contributed by atoms with E-state index in [2.05, 4.69) is 11.9 Å². The zero-order chi connectivity index (χ0) is 12.6. The van der Waals surface area contributed by atoms with E-state index < -0.39 is 18.1 Å². The van der Waals surface area contributed by atoms with Gasteiger partial charge in [-0.05, 0) is 12.3 Å². The average molecular weight is 229 g/mol. The number of hydrogen-bond acceptors (Lipinski definition) is 3. The van der Waals surface area contributed by atoms with Gasteiger partial charge in [0.15, 0.2) is 0 Å². The van der Waals surface area contributed by atoms with Crippen LogP contribution in [0.15, 0.2) is 12.7 Å². The fourth-order valence-electron chi connectivity index (χ4n) is 1.32. The summed E-state index contributed by atoms with van der Waals surface area (Å²) in [5.74, 6) is -0.626. The molecule has 0 aromatic rings. The fraction of sp³-hybridized carbons (Fsp3) is 0.636. The van der Waals surface area contributed by atoms with Crippen LogP contribution in [0.5, 0.6) is 0 Å². The van der Waals surface area contributed by atoms with E-state index in [1.165, 1.54) is 6.08 Å². The Labute approximate surface area is 95.5 Å². The van der Waals surface area contributed by atoms with Gasteiger partial charge in [-0.15, -0.1) is 0 Å². The largest absolute Gasteiger partial charge is 0.481 e. The molecular weight excluding hydrogens is 210 g/mol. The molecule has 0 radical (unpaired) electrons. The molecule has 0 aliphatic heterocycles. The summed E-state index contributed by atoms with van der Waals surface area (Å²) in [5, 5.41) is 11.2. The van der Waals surface area contributed by atoms with Crippen LogP contribution < -0.4 is 5.32 Å². The van der Waals surface area contributed by atoms with E-state index in [1.54, 1.807) is 0 Å². The van der Waals surface area contributed by atoms with Crippen molar-refractivity contribution in [2.24, 2.45) is 5.92 Å². The Morgan fingerprint density at radius 3 is 2.56 bits per heavy atom. The monoisotopic (exact) mass is 229 g/mol. The number of aliphatic carboxylic acids is 1. The number of carbonyl (C=O) groups excluding carboxylic acids is 1. The third kappa shape index (κ3) is 7.84. The Kier molecular flexibility index (Phi) is 7.00. The molecular formula is C11H19NO4. The molecule has 0 saturated carbocycles. The van der Waals surface area contributed by atoms with E-state index in [0.717, 1.165) is 0 Å². The summed E-state index contributed by atoms with van der Waals surface area (Å²) in [6, 6.07) is -0.394. The van der Waals surface area contributed by atoms with Crippen molar-refractivity contribution in [1.29, 1.82) is 0 Å². The van der Waals surface area contributed by atoms with E-state index >= 15 is 0 Å². The van der Waals surface area contributed by atoms with Crippen molar-refractivity contribution >= 4 is 12.1 Å². The van der Waals surface area contributed by atoms with Crippen molar-refractivity contribution in [2.75, 3.05) is 6.61 Å². The first-order valence-corrected chi connectivity index (χ1v) is 5.21. The minimum atomic E-state index is -0.935. The normalized spacial score (nSPS) is 11.9. The molecule has 0 bridgehead atoms. The molecule has 0 fully saturated rings. The zero-order valence-corrected chi connectivity index (χ0v) is 9.73. The van der Waals surface area contributed by atoms with Gasteiger partial charge in [0.05, 0.1) is 6.42 Å². The van der Waals surface area contributed by atoms with Crippen molar-refractivity contribution in [3.63, 3.8) is 0 Å². The Balaban J connectivity index is 4.13. The number of alkyl carbamates (subject to hydrolysis) is 1. The Morgan fingerprint density at radius 2 is 2.12 bits per heavy atom. The van der Waals surface area contributed by atoms with Crippen LogP contribution >= 0.6 is 0 Å². The van der Waals surface area contributed by atoms with Gasteiger partial charge in [0.1, 0.15) is 6.61 Å². The Morgan fingerprint density at radius 1 is 1.50 bits per heavy atom. The highest BCUT2D eigenvalue weighted by Crippen LogP contribution is 2.08. The van der Waals surface area contributed by atoms with E-state index in [-0.39, 0.29) is 13.0 Å². The van der Waals surface area contributed by atoms with Crippen LogP contribution in [0.1, 0.15) is 26.7 Å². The third-order valence-electron chi connectivity index (χ3n) is 1.83. The second-order valence-corrected chi connectivity index (χ2v) is 3.96. The molecule has 0 aromatic carbocycles. The van der Waals surface area contributed by atoms with Crippen LogP contribution in [0.4, 0.5) is 4.79 Å². The van der Waals surface area contributed by atoms with Crippen LogP contribution in [0.25, 0.3) is 0 Å². The molecule has 0 aromatic heterocycles. The highest BCUT2D eigenvalue weighted by Gasteiger charge is 2.17. The highest BCUT2D eigenvalue weighted by molar-refractivity contribution is 5.71. The Bertz CT molecular complexity index is 250. The lowest BCUT2D eigenvalue weighted by atomic mass is 10.0. The van der Waals surface area contributed by atoms with Crippen LogP contribution in [0.2, 0.25) is 0 Å². The van der Waals surface area contributed by atoms with E-state index in [1.807, 2.05) is 13.8 Å². The van der Waals surface area contributed by atoms with Crippen molar-refractivity contribution in [3.8, 4) is 0 Å². The quantitative estimate of drug-likeness (QED) is 0.652. The number of rotatable bonds is 7. The average Bonchev–Trinajstić information content (AvgIpc) is 2.12. The van der Waals surface area contributed by atoms with Crippen LogP contribution in [0, 0.1) is 5.92 Å². The second kappa shape index (κ2) is 7.73. The van der Waals surface area contributed by atoms with Gasteiger partial charge in [-0.2, -0.15) is 0 Å². The summed E-state index contributed by atoms with van der Waals surface area (Å²) >= 11 is 0. The minimum Gasteiger partial charge on any atom is -0.481 e. The SMILES string of the molecule is C=CCOC(=O)N[C@H](CC(=O)O)CC(C)C. The predicted molar refractivity (Wildman–Crippen MR) is 60.2 cm³/mol. The molecule has 0 unspecified atom stereocenters. The summed E-state index contributed by atoms with van der Waals surface area (Å²) in [6.45, 7) is 7.46. The van der Waals surface area contributed by atoms with E-state index in [4.69, 9.17) is 9.84 Å². The molecule has 0 rings (SSSR count). The van der Waals surface area contributed by atoms with Gasteiger partial charge in [-0.25, -0.2) is 4.79 Å². The summed E-state index contributed by atoms with van der Waals surface area (Å²) < 4.78 is 4.72. The zero-order valence-electron chi connectivity index (χ0n) is 9.73. The van der Waals surface area contributed by atoms with Gasteiger partial charge in [0, 0.05) is 6.04 Å². The molecule has 0 aliphatic carbocycles. The number of carboxylic acid groups (broad SMARTS) is 1. The van der Waals surface area contributed by atoms with Crippen molar-refractivity contribution in [1.82, 2.24) is 5.32 Å². The van der Waals surface area contributed by atoms with Crippen LogP contribution in [-0.4, -0.2) is 29.8 Å². The summed E-state index contributed by atoms with van der Waals surface area (Å²) in [4.78, 5) is 21.8. The lowest BCUT2D eigenvalue weighted by molar-refractivity contribution is -0.137. The predicted octanol–water partition coefficient (Wildman–Crippen LogP) is 1.79. The summed E-state index contributed by atoms with van der Waals surface area (Å²) in [6.07, 6.45) is 1.36. The molecule has 0 spiro atoms. The number of hydrogen-bond donors (Lipinski definition) is 2. The first-order valence-electron chi connectivity index (χ1n) is 5.21.